The van der Waals surface area contributed by atoms with Crippen LogP contribution in [0.5, 0.6) is 0 Å². The van der Waals surface area contributed by atoms with E-state index in [0.29, 0.717) is 27.8 Å². The van der Waals surface area contributed by atoms with Crippen LogP contribution >= 0.6 is 23.5 Å². The number of aliphatic hydroxyl groups excluding tert-OH is 1. The fourth-order valence-electron chi connectivity index (χ4n) is 3.31. The van der Waals surface area contributed by atoms with Gasteiger partial charge in [-0.1, -0.05) is 42.1 Å². The van der Waals surface area contributed by atoms with E-state index in [9.17, 15) is 24.6 Å². The molecule has 16 heteroatoms. The Bertz CT molecular complexity index is 1070. The van der Waals surface area contributed by atoms with Gasteiger partial charge in [0.2, 0.25) is 5.16 Å². The number of carbonyl (C=O) groups is 3. The van der Waals surface area contributed by atoms with Crippen molar-refractivity contribution in [2.75, 3.05) is 11.5 Å². The summed E-state index contributed by atoms with van der Waals surface area (Å²) in [4.78, 5) is 38.2. The number of aliphatic carboxylic acids is 1. The Morgan fingerprint density at radius 3 is 2.53 bits per heavy atom. The number of carbonyl (C=O) groups excluding carboxylic acids is 2. The molecular formula is C18H24N6O8S2. The summed E-state index contributed by atoms with van der Waals surface area (Å²) in [5, 5.41) is 33.6. The first-order chi connectivity index (χ1) is 14.9. The zero-order chi connectivity index (χ0) is 22.1. The fourth-order valence-corrected chi connectivity index (χ4v) is 5.64. The molecule has 0 saturated carbocycles. The van der Waals surface area contributed by atoms with Crippen LogP contribution in [0.1, 0.15) is 11.7 Å². The first-order valence-electron chi connectivity index (χ1n) is 9.17. The van der Waals surface area contributed by atoms with Crippen molar-refractivity contribution < 1.29 is 41.0 Å². The van der Waals surface area contributed by atoms with Crippen molar-refractivity contribution in [1.29, 1.82) is 0 Å². The molecule has 3 unspecified atom stereocenters. The Morgan fingerprint density at radius 1 is 1.26 bits per heavy atom. The van der Waals surface area contributed by atoms with Crippen LogP contribution in [-0.4, -0.2) is 92.5 Å². The molecule has 3 heterocycles. The third kappa shape index (κ3) is 5.37. The van der Waals surface area contributed by atoms with Gasteiger partial charge in [0.05, 0.1) is 0 Å². The fraction of sp³-hybridized carbons (Fsp3) is 0.333. The van der Waals surface area contributed by atoms with Crippen molar-refractivity contribution in [3.8, 4) is 0 Å². The molecule has 2 aliphatic heterocycles. The number of amides is 2. The standard InChI is InChI=1S/C18H18N6O5S2.3H2O/c1-23-18(20-21-22-23)31-8-10-7-30-16-11(15(27)24(16)12(10)17(28)29)19-14(26)13(25)9-5-3-2-4-6-9;;;/h2-6,11,13,16,25H,7-8H2,1H3,(H,19,26)(H,28,29);3*1H2. The first-order valence-corrected chi connectivity index (χ1v) is 11.2. The number of β-lactam (4-membered cyclic amide) rings is 1. The average Bonchev–Trinajstić information content (AvgIpc) is 3.19. The molecule has 3 atom stereocenters. The van der Waals surface area contributed by atoms with Crippen LogP contribution in [0.15, 0.2) is 46.8 Å². The van der Waals surface area contributed by atoms with E-state index in [-0.39, 0.29) is 22.1 Å². The monoisotopic (exact) mass is 516 g/mol. The molecule has 1 fully saturated rings. The molecule has 14 nitrogen and oxygen atoms in total. The number of rotatable bonds is 7. The Morgan fingerprint density at radius 2 is 1.94 bits per heavy atom. The van der Waals surface area contributed by atoms with Gasteiger partial charge in [-0.2, -0.15) is 0 Å². The van der Waals surface area contributed by atoms with E-state index in [2.05, 4.69) is 20.8 Å². The Balaban J connectivity index is 0.00000193. The molecule has 2 amide bonds. The van der Waals surface area contributed by atoms with Crippen molar-refractivity contribution in [2.24, 2.45) is 7.05 Å². The van der Waals surface area contributed by atoms with Crippen LogP contribution in [-0.2, 0) is 21.4 Å². The maximum absolute atomic E-state index is 12.7. The van der Waals surface area contributed by atoms with Gasteiger partial charge in [-0.15, -0.1) is 16.9 Å². The number of hydrogen-bond acceptors (Lipinski definition) is 9. The topological polar surface area (TPSA) is 245 Å². The minimum Gasteiger partial charge on any atom is -0.477 e. The van der Waals surface area contributed by atoms with Gasteiger partial charge in [0.15, 0.2) is 6.10 Å². The highest BCUT2D eigenvalue weighted by molar-refractivity contribution is 8.01. The number of nitrogens with zero attached hydrogens (tertiary/aromatic N) is 5. The predicted octanol–water partition coefficient (Wildman–Crippen LogP) is -2.70. The van der Waals surface area contributed by atoms with Crippen LogP contribution < -0.4 is 5.32 Å². The largest absolute Gasteiger partial charge is 0.477 e. The molecule has 2 aliphatic rings. The molecule has 34 heavy (non-hydrogen) atoms. The molecule has 0 bridgehead atoms. The normalized spacial score (nSPS) is 19.5. The van der Waals surface area contributed by atoms with Gasteiger partial charge in [-0.05, 0) is 21.6 Å². The van der Waals surface area contributed by atoms with Crippen LogP contribution in [0.2, 0.25) is 0 Å². The Labute approximate surface area is 201 Å². The second-order valence-electron chi connectivity index (χ2n) is 6.84. The molecule has 186 valence electrons. The molecule has 4 rings (SSSR count). The molecule has 1 aromatic heterocycles. The van der Waals surface area contributed by atoms with Crippen LogP contribution in [0, 0.1) is 0 Å². The second-order valence-corrected chi connectivity index (χ2v) is 8.89. The van der Waals surface area contributed by atoms with Gasteiger partial charge < -0.3 is 32.0 Å². The number of thioether (sulfide) groups is 2. The Hall–Kier alpha value is -3.02. The van der Waals surface area contributed by atoms with Crippen molar-refractivity contribution in [2.45, 2.75) is 22.7 Å². The smallest absolute Gasteiger partial charge is 0.352 e. The number of benzene rings is 1. The SMILES string of the molecule is Cn1nnnc1SCC1=C(C(=O)O)N2C(=O)C(NC(=O)C(O)c3ccccc3)C2SC1.O.O.O. The van der Waals surface area contributed by atoms with Crippen molar-refractivity contribution >= 4 is 41.3 Å². The maximum atomic E-state index is 12.7. The molecule has 0 spiro atoms. The van der Waals surface area contributed by atoms with Gasteiger partial charge in [0.25, 0.3) is 11.8 Å². The van der Waals surface area contributed by atoms with Crippen molar-refractivity contribution in [3.63, 3.8) is 0 Å². The molecule has 2 aromatic rings. The molecule has 0 aliphatic carbocycles. The summed E-state index contributed by atoms with van der Waals surface area (Å²) in [5.74, 6) is -1.75. The number of carboxylic acids is 1. The van der Waals surface area contributed by atoms with E-state index in [0.717, 1.165) is 0 Å². The van der Waals surface area contributed by atoms with E-state index < -0.39 is 35.3 Å². The minimum absolute atomic E-state index is 0. The molecular weight excluding hydrogens is 492 g/mol. The van der Waals surface area contributed by atoms with E-state index in [1.165, 1.54) is 33.1 Å². The summed E-state index contributed by atoms with van der Waals surface area (Å²) >= 11 is 2.64. The second kappa shape index (κ2) is 11.9. The summed E-state index contributed by atoms with van der Waals surface area (Å²) in [6.07, 6.45) is -1.42. The molecule has 9 N–H and O–H groups in total. The molecule has 1 aromatic carbocycles. The lowest BCUT2D eigenvalue weighted by Gasteiger charge is -2.49. The summed E-state index contributed by atoms with van der Waals surface area (Å²) in [6.45, 7) is 0. The third-order valence-corrected chi connectivity index (χ3v) is 7.30. The highest BCUT2D eigenvalue weighted by atomic mass is 32.2. The van der Waals surface area contributed by atoms with Gasteiger partial charge in [-0.25, -0.2) is 9.48 Å². The molecule has 0 radical (unpaired) electrons. The first kappa shape index (κ1) is 29.0. The number of aryl methyl sites for hydroxylation is 1. The average molecular weight is 517 g/mol. The highest BCUT2D eigenvalue weighted by Gasteiger charge is 2.54. The van der Waals surface area contributed by atoms with Gasteiger partial charge >= 0.3 is 5.97 Å². The highest BCUT2D eigenvalue weighted by Crippen LogP contribution is 2.41. The number of hydrogen-bond donors (Lipinski definition) is 3. The lowest BCUT2D eigenvalue weighted by Crippen LogP contribution is -2.70. The van der Waals surface area contributed by atoms with Crippen LogP contribution in [0.3, 0.4) is 0 Å². The zero-order valence-electron chi connectivity index (χ0n) is 17.7. The third-order valence-electron chi connectivity index (χ3n) is 4.87. The van der Waals surface area contributed by atoms with E-state index in [1.807, 2.05) is 0 Å². The number of aliphatic hydroxyl groups is 1. The minimum atomic E-state index is -1.42. The molecule has 1 saturated heterocycles. The number of carboxylic acid groups (broad SMARTS) is 1. The maximum Gasteiger partial charge on any atom is 0.352 e. The van der Waals surface area contributed by atoms with Gasteiger partial charge in [0, 0.05) is 18.6 Å². The summed E-state index contributed by atoms with van der Waals surface area (Å²) in [7, 11) is 1.68. The Kier molecular flexibility index (Phi) is 10.2. The van der Waals surface area contributed by atoms with Crippen LogP contribution in [0.4, 0.5) is 0 Å². The lowest BCUT2D eigenvalue weighted by atomic mass is 10.0. The summed E-state index contributed by atoms with van der Waals surface area (Å²) in [5.41, 5.74) is 0.901. The number of tetrazole rings is 1. The number of nitrogens with one attached hydrogen (secondary N) is 1. The van der Waals surface area contributed by atoms with Gasteiger partial charge in [0.1, 0.15) is 17.1 Å². The van der Waals surface area contributed by atoms with Crippen molar-refractivity contribution in [1.82, 2.24) is 30.4 Å². The van der Waals surface area contributed by atoms with Crippen molar-refractivity contribution in [3.05, 3.63) is 47.2 Å². The van der Waals surface area contributed by atoms with Crippen LogP contribution in [0.25, 0.3) is 0 Å². The lowest BCUT2D eigenvalue weighted by molar-refractivity contribution is -0.151. The summed E-state index contributed by atoms with van der Waals surface area (Å²) in [6, 6.07) is 7.46. The van der Waals surface area contributed by atoms with E-state index >= 15 is 0 Å². The number of fused-ring (bicyclic) bond motifs is 1. The quantitative estimate of drug-likeness (QED) is 0.254. The van der Waals surface area contributed by atoms with E-state index in [1.54, 1.807) is 37.4 Å². The number of aromatic nitrogens is 4. The predicted molar refractivity (Wildman–Crippen MR) is 121 cm³/mol. The van der Waals surface area contributed by atoms with E-state index in [4.69, 9.17) is 0 Å². The summed E-state index contributed by atoms with van der Waals surface area (Å²) < 4.78 is 1.48. The zero-order valence-corrected chi connectivity index (χ0v) is 19.3. The van der Waals surface area contributed by atoms with Gasteiger partial charge in [-0.3, -0.25) is 14.5 Å².